The number of amides is 1. The highest BCUT2D eigenvalue weighted by molar-refractivity contribution is 9.10. The van der Waals surface area contributed by atoms with Crippen LogP contribution in [0.5, 0.6) is 0 Å². The maximum absolute atomic E-state index is 12.2. The predicted molar refractivity (Wildman–Crippen MR) is 104 cm³/mol. The molecule has 0 aliphatic rings. The number of rotatable bonds is 5. The van der Waals surface area contributed by atoms with Gasteiger partial charge in [-0.3, -0.25) is 4.79 Å². The maximum atomic E-state index is 12.2. The molecule has 0 fully saturated rings. The van der Waals surface area contributed by atoms with Gasteiger partial charge in [-0.05, 0) is 66.2 Å². The van der Waals surface area contributed by atoms with Gasteiger partial charge in [0.2, 0.25) is 5.91 Å². The van der Waals surface area contributed by atoms with E-state index in [9.17, 15) is 4.79 Å². The lowest BCUT2D eigenvalue weighted by atomic mass is 10.1. The van der Waals surface area contributed by atoms with Crippen LogP contribution in [0.25, 0.3) is 0 Å². The number of nitrogens with zero attached hydrogens (tertiary/aromatic N) is 2. The number of halogens is 1. The molecule has 1 heterocycles. The quantitative estimate of drug-likeness (QED) is 0.605. The summed E-state index contributed by atoms with van der Waals surface area (Å²) < 4.78 is 1.00. The zero-order chi connectivity index (χ0) is 17.6. The number of carbonyl (C=O) groups is 1. The van der Waals surface area contributed by atoms with Gasteiger partial charge in [0, 0.05) is 27.4 Å². The minimum atomic E-state index is -0.0304. The molecule has 0 aliphatic heterocycles. The van der Waals surface area contributed by atoms with Crippen molar-refractivity contribution in [2.45, 2.75) is 23.4 Å². The highest BCUT2D eigenvalue weighted by Crippen LogP contribution is 2.28. The summed E-state index contributed by atoms with van der Waals surface area (Å²) in [7, 11) is 0. The van der Waals surface area contributed by atoms with Gasteiger partial charge in [0.25, 0.3) is 0 Å². The molecule has 0 radical (unpaired) electrons. The van der Waals surface area contributed by atoms with Gasteiger partial charge in [-0.25, -0.2) is 9.97 Å². The molecule has 3 aromatic rings. The van der Waals surface area contributed by atoms with Crippen molar-refractivity contribution < 1.29 is 4.79 Å². The Kier molecular flexibility index (Phi) is 5.83. The van der Waals surface area contributed by atoms with E-state index in [-0.39, 0.29) is 5.91 Å². The van der Waals surface area contributed by atoms with Crippen LogP contribution in [0, 0.1) is 6.92 Å². The van der Waals surface area contributed by atoms with Crippen LogP contribution < -0.4 is 5.32 Å². The summed E-state index contributed by atoms with van der Waals surface area (Å²) in [5.74, 6) is -0.0304. The molecule has 1 N–H and O–H groups in total. The Hall–Kier alpha value is -2.18. The van der Waals surface area contributed by atoms with Crippen molar-refractivity contribution in [1.82, 2.24) is 9.97 Å². The van der Waals surface area contributed by atoms with Crippen LogP contribution in [0.3, 0.4) is 0 Å². The largest absolute Gasteiger partial charge is 0.326 e. The molecule has 3 rings (SSSR count). The summed E-state index contributed by atoms with van der Waals surface area (Å²) in [5, 5.41) is 3.68. The first-order valence-electron chi connectivity index (χ1n) is 7.70. The first kappa shape index (κ1) is 17.6. The fourth-order valence-corrected chi connectivity index (χ4v) is 3.34. The number of nitrogens with one attached hydrogen (secondary N) is 1. The minimum Gasteiger partial charge on any atom is -0.326 e. The fourth-order valence-electron chi connectivity index (χ4n) is 2.27. The maximum Gasteiger partial charge on any atom is 0.228 e. The summed E-state index contributed by atoms with van der Waals surface area (Å²) in [6, 6.07) is 15.4. The van der Waals surface area contributed by atoms with Crippen molar-refractivity contribution in [3.8, 4) is 0 Å². The normalized spacial score (nSPS) is 10.5. The third-order valence-electron chi connectivity index (χ3n) is 3.50. The Bertz CT molecular complexity index is 870. The van der Waals surface area contributed by atoms with Crippen LogP contribution in [-0.2, 0) is 11.2 Å². The first-order chi connectivity index (χ1) is 12.1. The van der Waals surface area contributed by atoms with Crippen molar-refractivity contribution >= 4 is 39.3 Å². The topological polar surface area (TPSA) is 54.9 Å². The molecule has 1 amide bonds. The van der Waals surface area contributed by atoms with Crippen LogP contribution in [0.15, 0.2) is 75.4 Å². The zero-order valence-corrected chi connectivity index (χ0v) is 16.0. The molecular weight excluding hydrogens is 398 g/mol. The van der Waals surface area contributed by atoms with Gasteiger partial charge in [-0.2, -0.15) is 0 Å². The number of carbonyl (C=O) groups excluding carboxylic acids is 1. The number of hydrogen-bond donors (Lipinski definition) is 1. The van der Waals surface area contributed by atoms with E-state index in [2.05, 4.69) is 31.2 Å². The van der Waals surface area contributed by atoms with E-state index < -0.39 is 0 Å². The van der Waals surface area contributed by atoms with E-state index in [1.807, 2.05) is 49.4 Å². The molecule has 0 saturated carbocycles. The van der Waals surface area contributed by atoms with Gasteiger partial charge >= 0.3 is 0 Å². The zero-order valence-electron chi connectivity index (χ0n) is 13.6. The molecule has 1 aromatic heterocycles. The SMILES string of the molecule is Cc1cc(Sc2ncccn2)ccc1NC(=O)Cc1ccc(Br)cc1. The van der Waals surface area contributed by atoms with Gasteiger partial charge < -0.3 is 5.32 Å². The summed E-state index contributed by atoms with van der Waals surface area (Å²) >= 11 is 4.89. The molecule has 0 atom stereocenters. The fraction of sp³-hybridized carbons (Fsp3) is 0.105. The molecule has 25 heavy (non-hydrogen) atoms. The van der Waals surface area contributed by atoms with Gasteiger partial charge in [0.05, 0.1) is 6.42 Å². The van der Waals surface area contributed by atoms with E-state index in [1.165, 1.54) is 11.8 Å². The average molecular weight is 414 g/mol. The third-order valence-corrected chi connectivity index (χ3v) is 4.91. The van der Waals surface area contributed by atoms with Crippen molar-refractivity contribution in [3.05, 3.63) is 76.5 Å². The monoisotopic (exact) mass is 413 g/mol. The summed E-state index contributed by atoms with van der Waals surface area (Å²) in [6.07, 6.45) is 3.79. The Morgan fingerprint density at radius 1 is 1.12 bits per heavy atom. The van der Waals surface area contributed by atoms with E-state index in [4.69, 9.17) is 0 Å². The Morgan fingerprint density at radius 2 is 1.84 bits per heavy atom. The number of aromatic nitrogens is 2. The lowest BCUT2D eigenvalue weighted by Gasteiger charge is -2.10. The molecule has 0 unspecified atom stereocenters. The smallest absolute Gasteiger partial charge is 0.228 e. The van der Waals surface area contributed by atoms with E-state index in [0.717, 1.165) is 26.2 Å². The molecule has 2 aromatic carbocycles. The average Bonchev–Trinajstić information content (AvgIpc) is 2.60. The first-order valence-corrected chi connectivity index (χ1v) is 9.31. The molecule has 126 valence electrons. The molecule has 0 bridgehead atoms. The summed E-state index contributed by atoms with van der Waals surface area (Å²) in [4.78, 5) is 21.7. The number of anilines is 1. The summed E-state index contributed by atoms with van der Waals surface area (Å²) in [5.41, 5.74) is 2.80. The van der Waals surface area contributed by atoms with Crippen molar-refractivity contribution in [1.29, 1.82) is 0 Å². The van der Waals surface area contributed by atoms with Gasteiger partial charge in [0.1, 0.15) is 0 Å². The highest BCUT2D eigenvalue weighted by atomic mass is 79.9. The van der Waals surface area contributed by atoms with Crippen LogP contribution in [0.4, 0.5) is 5.69 Å². The lowest BCUT2D eigenvalue weighted by Crippen LogP contribution is -2.15. The Morgan fingerprint density at radius 3 is 2.52 bits per heavy atom. The van der Waals surface area contributed by atoms with Crippen LogP contribution in [-0.4, -0.2) is 15.9 Å². The second kappa shape index (κ2) is 8.27. The molecule has 4 nitrogen and oxygen atoms in total. The molecule has 0 spiro atoms. The molecular formula is C19H16BrN3OS. The van der Waals surface area contributed by atoms with Gasteiger partial charge in [-0.1, -0.05) is 28.1 Å². The van der Waals surface area contributed by atoms with Gasteiger partial charge in [0.15, 0.2) is 5.16 Å². The minimum absolute atomic E-state index is 0.0304. The molecule has 0 aliphatic carbocycles. The van der Waals surface area contributed by atoms with Crippen molar-refractivity contribution in [2.24, 2.45) is 0 Å². The van der Waals surface area contributed by atoms with E-state index >= 15 is 0 Å². The lowest BCUT2D eigenvalue weighted by molar-refractivity contribution is -0.115. The molecule has 0 saturated heterocycles. The van der Waals surface area contributed by atoms with Crippen molar-refractivity contribution in [3.63, 3.8) is 0 Å². The summed E-state index contributed by atoms with van der Waals surface area (Å²) in [6.45, 7) is 1.98. The number of benzene rings is 2. The van der Waals surface area contributed by atoms with E-state index in [1.54, 1.807) is 18.5 Å². The Labute approximate surface area is 159 Å². The van der Waals surface area contributed by atoms with Crippen molar-refractivity contribution in [2.75, 3.05) is 5.32 Å². The second-order valence-corrected chi connectivity index (χ2v) is 7.42. The second-order valence-electron chi connectivity index (χ2n) is 5.46. The molecule has 6 heteroatoms. The predicted octanol–water partition coefficient (Wildman–Crippen LogP) is 4.88. The van der Waals surface area contributed by atoms with Crippen LogP contribution in [0.1, 0.15) is 11.1 Å². The van der Waals surface area contributed by atoms with E-state index in [0.29, 0.717) is 11.6 Å². The number of hydrogen-bond acceptors (Lipinski definition) is 4. The van der Waals surface area contributed by atoms with Gasteiger partial charge in [-0.15, -0.1) is 0 Å². The standard InChI is InChI=1S/C19H16BrN3OS/c1-13-11-16(25-19-21-9-2-10-22-19)7-8-17(13)23-18(24)12-14-3-5-15(20)6-4-14/h2-11H,12H2,1H3,(H,23,24). The highest BCUT2D eigenvalue weighted by Gasteiger charge is 2.08. The van der Waals surface area contributed by atoms with Crippen LogP contribution >= 0.6 is 27.7 Å². The third kappa shape index (κ3) is 5.14. The van der Waals surface area contributed by atoms with Crippen LogP contribution in [0.2, 0.25) is 0 Å². The Balaban J connectivity index is 1.64. The number of aryl methyl sites for hydroxylation is 1.